The highest BCUT2D eigenvalue weighted by molar-refractivity contribution is 14.0. The van der Waals surface area contributed by atoms with Crippen LogP contribution in [0.3, 0.4) is 0 Å². The molecule has 144 valence electrons. The molecule has 1 aliphatic heterocycles. The number of hydrogen-bond acceptors (Lipinski definition) is 2. The van der Waals surface area contributed by atoms with E-state index < -0.39 is 0 Å². The minimum atomic E-state index is 0. The Kier molecular flexibility index (Phi) is 14.1. The van der Waals surface area contributed by atoms with Gasteiger partial charge in [-0.3, -0.25) is 4.99 Å². The molecule has 24 heavy (non-hydrogen) atoms. The third kappa shape index (κ3) is 9.44. The SMILES string of the molecule is CCNC(=NCCCCC(C)C)N1CCC(CN(CC)CC)C1.I. The standard InChI is InChI=1S/C19H40N4.HI/c1-6-20-19(21-13-10-9-11-17(4)5)23-14-12-18(16-23)15-22(7-2)8-3;/h17-18H,6-16H2,1-5H3,(H,20,21);1H. The fourth-order valence-corrected chi connectivity index (χ4v) is 3.30. The van der Waals surface area contributed by atoms with E-state index in [2.05, 4.69) is 49.7 Å². The monoisotopic (exact) mass is 452 g/mol. The summed E-state index contributed by atoms with van der Waals surface area (Å²) < 4.78 is 0. The first-order valence-electron chi connectivity index (χ1n) is 9.86. The molecule has 5 heteroatoms. The fraction of sp³-hybridized carbons (Fsp3) is 0.947. The first kappa shape index (κ1) is 24.0. The van der Waals surface area contributed by atoms with Crippen LogP contribution in [0.15, 0.2) is 4.99 Å². The first-order valence-corrected chi connectivity index (χ1v) is 9.86. The summed E-state index contributed by atoms with van der Waals surface area (Å²) in [4.78, 5) is 9.88. The van der Waals surface area contributed by atoms with Crippen LogP contribution in [-0.4, -0.2) is 61.6 Å². The maximum Gasteiger partial charge on any atom is 0.193 e. The Morgan fingerprint density at radius 3 is 2.50 bits per heavy atom. The zero-order valence-corrected chi connectivity index (χ0v) is 19.0. The van der Waals surface area contributed by atoms with Gasteiger partial charge in [-0.2, -0.15) is 0 Å². The molecular formula is C19H41IN4. The molecule has 1 unspecified atom stereocenters. The van der Waals surface area contributed by atoms with Crippen molar-refractivity contribution in [3.05, 3.63) is 0 Å². The molecule has 1 aliphatic rings. The van der Waals surface area contributed by atoms with Crippen LogP contribution in [0.2, 0.25) is 0 Å². The Morgan fingerprint density at radius 1 is 1.21 bits per heavy atom. The lowest BCUT2D eigenvalue weighted by Crippen LogP contribution is -2.41. The highest BCUT2D eigenvalue weighted by Crippen LogP contribution is 2.17. The van der Waals surface area contributed by atoms with Crippen LogP contribution in [0, 0.1) is 11.8 Å². The Morgan fingerprint density at radius 2 is 1.92 bits per heavy atom. The lowest BCUT2D eigenvalue weighted by atomic mass is 10.1. The van der Waals surface area contributed by atoms with Gasteiger partial charge in [-0.1, -0.05) is 40.5 Å². The average molecular weight is 452 g/mol. The van der Waals surface area contributed by atoms with Gasteiger partial charge >= 0.3 is 0 Å². The molecular weight excluding hydrogens is 411 g/mol. The van der Waals surface area contributed by atoms with Crippen molar-refractivity contribution >= 4 is 29.9 Å². The highest BCUT2D eigenvalue weighted by atomic mass is 127. The largest absolute Gasteiger partial charge is 0.357 e. The summed E-state index contributed by atoms with van der Waals surface area (Å²) in [7, 11) is 0. The van der Waals surface area contributed by atoms with Crippen LogP contribution < -0.4 is 5.32 Å². The number of nitrogens with zero attached hydrogens (tertiary/aromatic N) is 3. The molecule has 0 spiro atoms. The van der Waals surface area contributed by atoms with Gasteiger partial charge in [0.1, 0.15) is 0 Å². The Hall–Kier alpha value is -0.0400. The topological polar surface area (TPSA) is 30.9 Å². The molecule has 0 aromatic carbocycles. The zero-order chi connectivity index (χ0) is 17.1. The molecule has 1 fully saturated rings. The molecule has 0 bridgehead atoms. The summed E-state index contributed by atoms with van der Waals surface area (Å²) in [6.45, 7) is 19.1. The molecule has 4 nitrogen and oxygen atoms in total. The van der Waals surface area contributed by atoms with Crippen LogP contribution in [0.4, 0.5) is 0 Å². The van der Waals surface area contributed by atoms with Gasteiger partial charge in [-0.05, 0) is 44.7 Å². The maximum absolute atomic E-state index is 4.86. The van der Waals surface area contributed by atoms with Gasteiger partial charge in [0.25, 0.3) is 0 Å². The van der Waals surface area contributed by atoms with Gasteiger partial charge in [0.05, 0.1) is 0 Å². The van der Waals surface area contributed by atoms with E-state index in [1.54, 1.807) is 0 Å². The van der Waals surface area contributed by atoms with Crippen molar-refractivity contribution in [3.63, 3.8) is 0 Å². The molecule has 0 aromatic rings. The van der Waals surface area contributed by atoms with Crippen LogP contribution in [0.1, 0.15) is 60.3 Å². The minimum absolute atomic E-state index is 0. The molecule has 0 aromatic heterocycles. The van der Waals surface area contributed by atoms with Crippen molar-refractivity contribution in [1.82, 2.24) is 15.1 Å². The van der Waals surface area contributed by atoms with Crippen molar-refractivity contribution in [1.29, 1.82) is 0 Å². The van der Waals surface area contributed by atoms with Gasteiger partial charge in [0.15, 0.2) is 5.96 Å². The second kappa shape index (κ2) is 14.2. The number of halogens is 1. The third-order valence-corrected chi connectivity index (χ3v) is 4.78. The van der Waals surface area contributed by atoms with E-state index in [-0.39, 0.29) is 24.0 Å². The van der Waals surface area contributed by atoms with Crippen LogP contribution in [0.5, 0.6) is 0 Å². The Labute approximate surface area is 167 Å². The lowest BCUT2D eigenvalue weighted by Gasteiger charge is -2.24. The number of guanidine groups is 1. The summed E-state index contributed by atoms with van der Waals surface area (Å²) in [6, 6.07) is 0. The van der Waals surface area contributed by atoms with Gasteiger partial charge in [-0.25, -0.2) is 0 Å². The number of likely N-dealkylation sites (tertiary alicyclic amines) is 1. The summed E-state index contributed by atoms with van der Waals surface area (Å²) in [5.41, 5.74) is 0. The molecule has 1 rings (SSSR count). The average Bonchev–Trinajstić information content (AvgIpc) is 2.99. The molecule has 0 amide bonds. The second-order valence-corrected chi connectivity index (χ2v) is 7.21. The zero-order valence-electron chi connectivity index (χ0n) is 16.7. The number of hydrogen-bond donors (Lipinski definition) is 1. The molecule has 1 N–H and O–H groups in total. The quantitative estimate of drug-likeness (QED) is 0.235. The van der Waals surface area contributed by atoms with Gasteiger partial charge in [0, 0.05) is 32.7 Å². The lowest BCUT2D eigenvalue weighted by molar-refractivity contribution is 0.255. The van der Waals surface area contributed by atoms with E-state index in [1.807, 2.05) is 0 Å². The summed E-state index contributed by atoms with van der Waals surface area (Å²) >= 11 is 0. The normalized spacial score (nSPS) is 18.4. The second-order valence-electron chi connectivity index (χ2n) is 7.21. The minimum Gasteiger partial charge on any atom is -0.357 e. The van der Waals surface area contributed by atoms with Crippen molar-refractivity contribution in [3.8, 4) is 0 Å². The molecule has 1 heterocycles. The number of nitrogens with one attached hydrogen (secondary N) is 1. The Bertz CT molecular complexity index is 329. The third-order valence-electron chi connectivity index (χ3n) is 4.78. The fourth-order valence-electron chi connectivity index (χ4n) is 3.30. The van der Waals surface area contributed by atoms with E-state index in [1.165, 1.54) is 32.2 Å². The summed E-state index contributed by atoms with van der Waals surface area (Å²) in [5.74, 6) is 2.74. The van der Waals surface area contributed by atoms with E-state index in [4.69, 9.17) is 4.99 Å². The number of unbranched alkanes of at least 4 members (excludes halogenated alkanes) is 1. The number of aliphatic imine (C=N–C) groups is 1. The van der Waals surface area contributed by atoms with Crippen molar-refractivity contribution < 1.29 is 0 Å². The van der Waals surface area contributed by atoms with Crippen LogP contribution in [-0.2, 0) is 0 Å². The van der Waals surface area contributed by atoms with Crippen LogP contribution in [0.25, 0.3) is 0 Å². The molecule has 0 saturated carbocycles. The summed E-state index contributed by atoms with van der Waals surface area (Å²) in [5, 5.41) is 3.49. The molecule has 1 atom stereocenters. The van der Waals surface area contributed by atoms with Gasteiger partial charge < -0.3 is 15.1 Å². The van der Waals surface area contributed by atoms with E-state index in [0.29, 0.717) is 0 Å². The maximum atomic E-state index is 4.86. The molecule has 0 radical (unpaired) electrons. The predicted octanol–water partition coefficient (Wildman–Crippen LogP) is 4.06. The summed E-state index contributed by atoms with van der Waals surface area (Å²) in [6.07, 6.45) is 5.13. The van der Waals surface area contributed by atoms with Crippen molar-refractivity contribution in [2.75, 3.05) is 45.8 Å². The van der Waals surface area contributed by atoms with Gasteiger partial charge in [0.2, 0.25) is 0 Å². The highest BCUT2D eigenvalue weighted by Gasteiger charge is 2.25. The van der Waals surface area contributed by atoms with E-state index >= 15 is 0 Å². The van der Waals surface area contributed by atoms with E-state index in [0.717, 1.165) is 57.1 Å². The molecule has 1 saturated heterocycles. The van der Waals surface area contributed by atoms with Crippen molar-refractivity contribution in [2.45, 2.75) is 60.3 Å². The first-order chi connectivity index (χ1) is 11.1. The van der Waals surface area contributed by atoms with Crippen molar-refractivity contribution in [2.24, 2.45) is 16.8 Å². The van der Waals surface area contributed by atoms with Gasteiger partial charge in [-0.15, -0.1) is 24.0 Å². The smallest absolute Gasteiger partial charge is 0.193 e. The predicted molar refractivity (Wildman–Crippen MR) is 118 cm³/mol. The Balaban J connectivity index is 0.00000529. The van der Waals surface area contributed by atoms with E-state index in [9.17, 15) is 0 Å². The molecule has 0 aliphatic carbocycles. The van der Waals surface area contributed by atoms with Crippen LogP contribution >= 0.6 is 24.0 Å². The number of rotatable bonds is 10.